The highest BCUT2D eigenvalue weighted by molar-refractivity contribution is 6.03. The van der Waals surface area contributed by atoms with Crippen molar-refractivity contribution >= 4 is 28.6 Å². The number of nitrogens with two attached hydrogens (primary N) is 2. The van der Waals surface area contributed by atoms with Crippen LogP contribution in [0, 0.1) is 0 Å². The van der Waals surface area contributed by atoms with E-state index in [-0.39, 0.29) is 12.6 Å². The molecule has 30 heavy (non-hydrogen) atoms. The van der Waals surface area contributed by atoms with Crippen LogP contribution in [0.25, 0.3) is 22.0 Å². The molecule has 1 heterocycles. The number of amides is 1. The third kappa shape index (κ3) is 4.07. The Balaban J connectivity index is 1.82. The highest BCUT2D eigenvalue weighted by Gasteiger charge is 2.18. The molecule has 0 bridgehead atoms. The first-order valence-corrected chi connectivity index (χ1v) is 10.4. The number of aliphatic hydroxyl groups is 1. The molecule has 0 spiro atoms. The summed E-state index contributed by atoms with van der Waals surface area (Å²) in [6, 6.07) is 11.7. The van der Waals surface area contributed by atoms with E-state index < -0.39 is 5.91 Å². The number of aliphatic hydroxyl groups excluding tert-OH is 1. The third-order valence-electron chi connectivity index (χ3n) is 5.75. The molecule has 0 saturated heterocycles. The number of aromatic nitrogens is 2. The number of rotatable bonds is 6. The van der Waals surface area contributed by atoms with Gasteiger partial charge >= 0.3 is 0 Å². The third-order valence-corrected chi connectivity index (χ3v) is 5.75. The molecule has 0 unspecified atom stereocenters. The number of nitrogen functional groups attached to an aromatic ring is 1. The zero-order valence-corrected chi connectivity index (χ0v) is 16.9. The van der Waals surface area contributed by atoms with Crippen molar-refractivity contribution in [2.24, 2.45) is 5.73 Å². The summed E-state index contributed by atoms with van der Waals surface area (Å²) in [4.78, 5) is 21.1. The minimum Gasteiger partial charge on any atom is -0.396 e. The maximum atomic E-state index is 12.2. The summed E-state index contributed by atoms with van der Waals surface area (Å²) in [7, 11) is 0. The molecule has 3 aromatic rings. The fourth-order valence-electron chi connectivity index (χ4n) is 4.32. The van der Waals surface area contributed by atoms with Gasteiger partial charge in [-0.15, -0.1) is 0 Å². The van der Waals surface area contributed by atoms with Crippen LogP contribution < -0.4 is 16.8 Å². The average molecular weight is 406 g/mol. The minimum absolute atomic E-state index is 0.0516. The van der Waals surface area contributed by atoms with Gasteiger partial charge in [-0.1, -0.05) is 43.5 Å². The van der Waals surface area contributed by atoms with E-state index in [1.54, 1.807) is 0 Å². The van der Waals surface area contributed by atoms with Gasteiger partial charge in [-0.25, -0.2) is 4.98 Å². The second-order valence-electron chi connectivity index (χ2n) is 7.82. The van der Waals surface area contributed by atoms with Crippen LogP contribution in [-0.2, 0) is 6.42 Å². The number of nitrogens with one attached hydrogen (secondary N) is 1. The van der Waals surface area contributed by atoms with Crippen molar-refractivity contribution in [1.29, 1.82) is 0 Å². The first-order valence-electron chi connectivity index (χ1n) is 10.4. The lowest BCUT2D eigenvalue weighted by atomic mass is 9.92. The van der Waals surface area contributed by atoms with Crippen LogP contribution in [0.1, 0.15) is 48.0 Å². The average Bonchev–Trinajstić information content (AvgIpc) is 2.74. The highest BCUT2D eigenvalue weighted by Crippen LogP contribution is 2.32. The van der Waals surface area contributed by atoms with Gasteiger partial charge in [0.2, 0.25) is 11.9 Å². The Morgan fingerprint density at radius 2 is 1.93 bits per heavy atom. The first kappa shape index (κ1) is 20.1. The van der Waals surface area contributed by atoms with Gasteiger partial charge in [0.15, 0.2) is 0 Å². The van der Waals surface area contributed by atoms with Gasteiger partial charge in [0.1, 0.15) is 5.82 Å². The van der Waals surface area contributed by atoms with Crippen LogP contribution in [0.5, 0.6) is 0 Å². The maximum absolute atomic E-state index is 12.2. The first-order chi connectivity index (χ1) is 14.6. The number of hydrogen-bond acceptors (Lipinski definition) is 6. The molecule has 6 N–H and O–H groups in total. The fraction of sp³-hybridized carbons (Fsp3) is 0.348. The van der Waals surface area contributed by atoms with Gasteiger partial charge in [-0.05, 0) is 48.1 Å². The van der Waals surface area contributed by atoms with E-state index >= 15 is 0 Å². The molecule has 1 aliphatic rings. The zero-order chi connectivity index (χ0) is 21.1. The van der Waals surface area contributed by atoms with Gasteiger partial charge in [0.25, 0.3) is 0 Å². The highest BCUT2D eigenvalue weighted by atomic mass is 16.3. The SMILES string of the molecule is NC(=O)c1c(CCO)cccc1-c1ccc2nc(N)nc(NC3CCCCC3)c2c1. The molecule has 156 valence electrons. The molecule has 4 rings (SSSR count). The molecule has 2 aromatic carbocycles. The molecule has 1 saturated carbocycles. The predicted octanol–water partition coefficient (Wildman–Crippen LogP) is 3.26. The summed E-state index contributed by atoms with van der Waals surface area (Å²) in [5, 5.41) is 13.8. The van der Waals surface area contributed by atoms with Crippen LogP contribution >= 0.6 is 0 Å². The monoisotopic (exact) mass is 405 g/mol. The summed E-state index contributed by atoms with van der Waals surface area (Å²) in [5.74, 6) is 0.443. The van der Waals surface area contributed by atoms with Crippen LogP contribution in [0.2, 0.25) is 0 Å². The molecule has 7 heteroatoms. The van der Waals surface area contributed by atoms with Gasteiger partial charge in [-0.2, -0.15) is 4.98 Å². The molecule has 7 nitrogen and oxygen atoms in total. The standard InChI is InChI=1S/C23H27N5O2/c24-21(30)20-14(11-12-29)5-4-8-17(20)15-9-10-19-18(13-15)22(28-23(25)27-19)26-16-6-2-1-3-7-16/h4-5,8-10,13,16,29H,1-3,6-7,11-12H2,(H2,24,30)(H3,25,26,27,28). The Labute approximate surface area is 175 Å². The normalized spacial score (nSPS) is 14.7. The minimum atomic E-state index is -0.511. The molecule has 1 aliphatic carbocycles. The Morgan fingerprint density at radius 1 is 1.13 bits per heavy atom. The van der Waals surface area contributed by atoms with E-state index in [9.17, 15) is 9.90 Å². The van der Waals surface area contributed by atoms with Crippen LogP contribution in [0.4, 0.5) is 11.8 Å². The second kappa shape index (κ2) is 8.67. The number of carbonyl (C=O) groups excluding carboxylic acids is 1. The molecule has 0 atom stereocenters. The van der Waals surface area contributed by atoms with E-state index in [1.165, 1.54) is 19.3 Å². The lowest BCUT2D eigenvalue weighted by Crippen LogP contribution is -2.23. The Bertz CT molecular complexity index is 1080. The van der Waals surface area contributed by atoms with Crippen molar-refractivity contribution in [2.75, 3.05) is 17.7 Å². The molecule has 1 amide bonds. The summed E-state index contributed by atoms with van der Waals surface area (Å²) >= 11 is 0. The van der Waals surface area contributed by atoms with Crippen molar-refractivity contribution in [3.8, 4) is 11.1 Å². The zero-order valence-electron chi connectivity index (χ0n) is 16.9. The number of nitrogens with zero attached hydrogens (tertiary/aromatic N) is 2. The lowest BCUT2D eigenvalue weighted by molar-refractivity contribution is 0.1000. The topological polar surface area (TPSA) is 127 Å². The molecular weight excluding hydrogens is 378 g/mol. The largest absolute Gasteiger partial charge is 0.396 e. The lowest BCUT2D eigenvalue weighted by Gasteiger charge is -2.24. The maximum Gasteiger partial charge on any atom is 0.249 e. The molecule has 1 aromatic heterocycles. The Kier molecular flexibility index (Phi) is 5.81. The molecule has 0 radical (unpaired) electrons. The summed E-state index contributed by atoms with van der Waals surface area (Å²) in [5.41, 5.74) is 15.1. The fourth-order valence-corrected chi connectivity index (χ4v) is 4.32. The van der Waals surface area contributed by atoms with E-state index in [0.717, 1.165) is 46.3 Å². The Morgan fingerprint density at radius 3 is 2.67 bits per heavy atom. The van der Waals surface area contributed by atoms with Gasteiger partial charge in [0.05, 0.1) is 11.1 Å². The molecular formula is C23H27N5O2. The van der Waals surface area contributed by atoms with E-state index in [4.69, 9.17) is 11.5 Å². The summed E-state index contributed by atoms with van der Waals surface area (Å²) in [6.45, 7) is -0.0516. The van der Waals surface area contributed by atoms with Crippen molar-refractivity contribution in [1.82, 2.24) is 9.97 Å². The number of primary amides is 1. The van der Waals surface area contributed by atoms with Crippen LogP contribution in [-0.4, -0.2) is 33.6 Å². The van der Waals surface area contributed by atoms with E-state index in [0.29, 0.717) is 18.0 Å². The number of fused-ring (bicyclic) bond motifs is 1. The molecule has 1 fully saturated rings. The van der Waals surface area contributed by atoms with Crippen molar-refractivity contribution in [2.45, 2.75) is 44.6 Å². The summed E-state index contributed by atoms with van der Waals surface area (Å²) < 4.78 is 0. The number of carbonyl (C=O) groups is 1. The van der Waals surface area contributed by atoms with E-state index in [2.05, 4.69) is 15.3 Å². The van der Waals surface area contributed by atoms with Crippen molar-refractivity contribution in [3.63, 3.8) is 0 Å². The van der Waals surface area contributed by atoms with E-state index in [1.807, 2.05) is 36.4 Å². The number of anilines is 2. The van der Waals surface area contributed by atoms with Crippen LogP contribution in [0.15, 0.2) is 36.4 Å². The van der Waals surface area contributed by atoms with Crippen molar-refractivity contribution in [3.05, 3.63) is 47.5 Å². The predicted molar refractivity (Wildman–Crippen MR) is 119 cm³/mol. The number of hydrogen-bond donors (Lipinski definition) is 4. The Hall–Kier alpha value is -3.19. The molecule has 0 aliphatic heterocycles. The summed E-state index contributed by atoms with van der Waals surface area (Å²) in [6.07, 6.45) is 6.28. The van der Waals surface area contributed by atoms with Crippen LogP contribution in [0.3, 0.4) is 0 Å². The quantitative estimate of drug-likeness (QED) is 0.498. The van der Waals surface area contributed by atoms with Gasteiger partial charge in [-0.3, -0.25) is 4.79 Å². The van der Waals surface area contributed by atoms with Crippen molar-refractivity contribution < 1.29 is 9.90 Å². The second-order valence-corrected chi connectivity index (χ2v) is 7.82. The smallest absolute Gasteiger partial charge is 0.249 e. The number of benzene rings is 2. The van der Waals surface area contributed by atoms with Gasteiger partial charge < -0.3 is 21.9 Å². The van der Waals surface area contributed by atoms with Gasteiger partial charge in [0, 0.05) is 18.0 Å².